The molecule has 0 bridgehead atoms. The van der Waals surface area contributed by atoms with E-state index in [0.717, 1.165) is 5.82 Å². The van der Waals surface area contributed by atoms with Crippen molar-refractivity contribution in [2.24, 2.45) is 7.05 Å². The van der Waals surface area contributed by atoms with Gasteiger partial charge < -0.3 is 12.6 Å². The Kier molecular flexibility index (Phi) is 3.09. The fourth-order valence-electron chi connectivity index (χ4n) is 1.51. The Bertz CT molecular complexity index is 690. The minimum Gasteiger partial charge on any atom is -0.703 e. The second-order valence-corrected chi connectivity index (χ2v) is 5.56. The molecule has 0 saturated carbocycles. The lowest BCUT2D eigenvalue weighted by Crippen LogP contribution is -2.32. The molecule has 6 nitrogen and oxygen atoms in total. The molecule has 0 amide bonds. The quantitative estimate of drug-likeness (QED) is 0.483. The summed E-state index contributed by atoms with van der Waals surface area (Å²) in [6.07, 6.45) is 0. The van der Waals surface area contributed by atoms with Crippen molar-refractivity contribution in [2.75, 3.05) is 0 Å². The van der Waals surface area contributed by atoms with E-state index in [0.29, 0.717) is 10.8 Å². The third-order valence-corrected chi connectivity index (χ3v) is 3.87. The van der Waals surface area contributed by atoms with Gasteiger partial charge in [-0.1, -0.05) is 4.68 Å². The summed E-state index contributed by atoms with van der Waals surface area (Å²) in [5.41, 5.74) is 0.673. The van der Waals surface area contributed by atoms with E-state index in [1.54, 1.807) is 28.4 Å². The molecule has 2 aromatic rings. The van der Waals surface area contributed by atoms with Gasteiger partial charge in [-0.15, -0.1) is 0 Å². The van der Waals surface area contributed by atoms with Crippen molar-refractivity contribution in [1.29, 1.82) is 0 Å². The largest absolute Gasteiger partial charge is 0.703 e. The number of benzene rings is 1. The van der Waals surface area contributed by atoms with E-state index in [1.165, 1.54) is 12.1 Å². The number of rotatable bonds is 2. The maximum absolute atomic E-state index is 10.9. The van der Waals surface area contributed by atoms with Crippen LogP contribution in [0.15, 0.2) is 34.3 Å². The first kappa shape index (κ1) is 12.9. The van der Waals surface area contributed by atoms with Gasteiger partial charge >= 0.3 is 0 Å². The second-order valence-electron chi connectivity index (χ2n) is 3.77. The van der Waals surface area contributed by atoms with E-state index in [9.17, 15) is 8.42 Å². The Hall–Kier alpha value is -1.51. The highest BCUT2D eigenvalue weighted by Gasteiger charge is 2.16. The molecule has 0 fully saturated rings. The summed E-state index contributed by atoms with van der Waals surface area (Å²) < 4.78 is 34.1. The maximum atomic E-state index is 10.9. The van der Waals surface area contributed by atoms with Crippen molar-refractivity contribution in [3.8, 4) is 5.69 Å². The SMILES string of the molecule is Cc1n(-c2ccc(S(=O)(=O)O)cc2)nc([S-])[n+]1C. The molecule has 96 valence electrons. The van der Waals surface area contributed by atoms with E-state index in [2.05, 4.69) is 5.10 Å². The van der Waals surface area contributed by atoms with Gasteiger partial charge in [-0.05, 0) is 24.3 Å². The van der Waals surface area contributed by atoms with Crippen molar-refractivity contribution < 1.29 is 17.5 Å². The lowest BCUT2D eigenvalue weighted by Gasteiger charge is -1.98. The second kappa shape index (κ2) is 4.30. The lowest BCUT2D eigenvalue weighted by atomic mass is 10.3. The molecule has 0 spiro atoms. The van der Waals surface area contributed by atoms with Crippen LogP contribution in [0.1, 0.15) is 5.82 Å². The maximum Gasteiger partial charge on any atom is 0.294 e. The fourth-order valence-corrected chi connectivity index (χ4v) is 2.20. The van der Waals surface area contributed by atoms with Gasteiger partial charge in [0.05, 0.1) is 11.9 Å². The molecule has 2 rings (SSSR count). The minimum atomic E-state index is -4.17. The summed E-state index contributed by atoms with van der Waals surface area (Å²) in [6.45, 7) is 1.85. The normalized spacial score (nSPS) is 11.7. The Morgan fingerprint density at radius 2 is 1.89 bits per heavy atom. The van der Waals surface area contributed by atoms with E-state index in [1.807, 2.05) is 6.92 Å². The Morgan fingerprint density at radius 3 is 2.28 bits per heavy atom. The van der Waals surface area contributed by atoms with Crippen molar-refractivity contribution >= 4 is 22.7 Å². The van der Waals surface area contributed by atoms with Crippen LogP contribution in [0.3, 0.4) is 0 Å². The summed E-state index contributed by atoms with van der Waals surface area (Å²) in [5.74, 6) is 0.819. The van der Waals surface area contributed by atoms with Gasteiger partial charge in [0, 0.05) is 12.0 Å². The topological polar surface area (TPSA) is 76.1 Å². The Balaban J connectivity index is 2.50. The van der Waals surface area contributed by atoms with Crippen LogP contribution in [0.25, 0.3) is 5.69 Å². The molecule has 1 heterocycles. The van der Waals surface area contributed by atoms with E-state index in [4.69, 9.17) is 17.2 Å². The number of aromatic nitrogens is 3. The van der Waals surface area contributed by atoms with Crippen LogP contribution in [0.4, 0.5) is 0 Å². The van der Waals surface area contributed by atoms with Gasteiger partial charge in [0.15, 0.2) is 5.16 Å². The first-order valence-electron chi connectivity index (χ1n) is 5.01. The van der Waals surface area contributed by atoms with Crippen molar-refractivity contribution in [2.45, 2.75) is 17.0 Å². The molecule has 1 N–H and O–H groups in total. The van der Waals surface area contributed by atoms with Gasteiger partial charge in [-0.25, -0.2) is 0 Å². The molecular weight excluding hydrogens is 274 g/mol. The molecule has 8 heteroatoms. The zero-order valence-corrected chi connectivity index (χ0v) is 11.4. The summed E-state index contributed by atoms with van der Waals surface area (Å²) >= 11 is 5.04. The van der Waals surface area contributed by atoms with Crippen molar-refractivity contribution in [3.63, 3.8) is 0 Å². The summed E-state index contributed by atoms with van der Waals surface area (Å²) in [6, 6.07) is 5.74. The standard InChI is InChI=1S/C10H11N3O3S2/c1-7-12(2)10(17)11-13(7)8-3-5-9(6-4-8)18(14,15)16/h3-6H,1-2H3,(H-,11,14,15,16,17). The Morgan fingerprint density at radius 1 is 1.33 bits per heavy atom. The average Bonchev–Trinajstić information content (AvgIpc) is 2.56. The summed E-state index contributed by atoms with van der Waals surface area (Å²) in [7, 11) is -2.37. The van der Waals surface area contributed by atoms with Crippen LogP contribution < -0.4 is 4.57 Å². The zero-order valence-electron chi connectivity index (χ0n) is 9.73. The van der Waals surface area contributed by atoms with Gasteiger partial charge in [0.25, 0.3) is 10.1 Å². The average molecular weight is 285 g/mol. The van der Waals surface area contributed by atoms with Crippen LogP contribution in [-0.2, 0) is 29.8 Å². The van der Waals surface area contributed by atoms with Gasteiger partial charge in [0.1, 0.15) is 5.69 Å². The molecule has 0 radical (unpaired) electrons. The highest BCUT2D eigenvalue weighted by atomic mass is 32.2. The highest BCUT2D eigenvalue weighted by molar-refractivity contribution is 7.85. The highest BCUT2D eigenvalue weighted by Crippen LogP contribution is 2.13. The molecule has 0 aliphatic rings. The third-order valence-electron chi connectivity index (χ3n) is 2.64. The van der Waals surface area contributed by atoms with Crippen molar-refractivity contribution in [3.05, 3.63) is 30.1 Å². The fraction of sp³-hybridized carbons (Fsp3) is 0.200. The molecule has 0 atom stereocenters. The van der Waals surface area contributed by atoms with Crippen LogP contribution in [0, 0.1) is 6.92 Å². The number of hydrogen-bond acceptors (Lipinski definition) is 4. The first-order valence-corrected chi connectivity index (χ1v) is 6.86. The first-order chi connectivity index (χ1) is 8.30. The van der Waals surface area contributed by atoms with Crippen molar-refractivity contribution in [1.82, 2.24) is 9.78 Å². The number of nitrogens with zero attached hydrogens (tertiary/aromatic N) is 3. The van der Waals surface area contributed by atoms with Crippen LogP contribution >= 0.6 is 0 Å². The molecule has 0 aliphatic carbocycles. The van der Waals surface area contributed by atoms with E-state index < -0.39 is 10.1 Å². The van der Waals surface area contributed by atoms with Gasteiger partial charge in [-0.2, -0.15) is 8.42 Å². The number of hydrogen-bond donors (Lipinski definition) is 1. The van der Waals surface area contributed by atoms with E-state index >= 15 is 0 Å². The molecular formula is C10H11N3O3S2. The predicted molar refractivity (Wildman–Crippen MR) is 64.9 cm³/mol. The monoisotopic (exact) mass is 285 g/mol. The molecule has 0 saturated heterocycles. The predicted octanol–water partition coefficient (Wildman–Crippen LogP) is 0.158. The molecule has 18 heavy (non-hydrogen) atoms. The third kappa shape index (κ3) is 2.22. The smallest absolute Gasteiger partial charge is 0.294 e. The van der Waals surface area contributed by atoms with Crippen LogP contribution in [-0.4, -0.2) is 22.8 Å². The molecule has 0 aliphatic heterocycles. The minimum absolute atomic E-state index is 0.154. The van der Waals surface area contributed by atoms with Crippen LogP contribution in [0.5, 0.6) is 0 Å². The van der Waals surface area contributed by atoms with Crippen LogP contribution in [0.2, 0.25) is 0 Å². The van der Waals surface area contributed by atoms with E-state index in [-0.39, 0.29) is 4.90 Å². The lowest BCUT2D eigenvalue weighted by molar-refractivity contribution is -0.715. The summed E-state index contributed by atoms with van der Waals surface area (Å²) in [5, 5.41) is 4.59. The van der Waals surface area contributed by atoms with Gasteiger partial charge in [-0.3, -0.25) is 9.12 Å². The summed E-state index contributed by atoms with van der Waals surface area (Å²) in [4.78, 5) is -0.154. The molecule has 0 unspecified atom stereocenters. The Labute approximate surface area is 110 Å². The zero-order chi connectivity index (χ0) is 13.5. The van der Waals surface area contributed by atoms with Gasteiger partial charge in [0.2, 0.25) is 5.82 Å². The molecule has 1 aromatic heterocycles. The molecule has 1 aromatic carbocycles.